The number of aryl methyl sites for hydroxylation is 2. The van der Waals surface area contributed by atoms with Crippen molar-refractivity contribution < 1.29 is 4.39 Å². The summed E-state index contributed by atoms with van der Waals surface area (Å²) in [5, 5.41) is 4.50. The smallest absolute Gasteiger partial charge is 0.305 e. The van der Waals surface area contributed by atoms with Gasteiger partial charge in [0.25, 0.3) is 0 Å². The molecule has 6 heteroatoms. The molecule has 0 aliphatic rings. The average Bonchev–Trinajstić information content (AvgIpc) is 2.64. The van der Waals surface area contributed by atoms with E-state index in [4.69, 9.17) is 0 Å². The van der Waals surface area contributed by atoms with Gasteiger partial charge in [-0.2, -0.15) is 4.52 Å². The molecule has 0 unspecified atom stereocenters. The van der Waals surface area contributed by atoms with Gasteiger partial charge in [-0.25, -0.2) is 14.2 Å². The Labute approximate surface area is 94.9 Å². The number of rotatable bonds is 0. The molecule has 17 heavy (non-hydrogen) atoms. The zero-order chi connectivity index (χ0) is 12.2. The molecule has 3 rings (SSSR count). The van der Waals surface area contributed by atoms with Crippen molar-refractivity contribution in [2.75, 3.05) is 0 Å². The van der Waals surface area contributed by atoms with E-state index >= 15 is 0 Å². The highest BCUT2D eigenvalue weighted by molar-refractivity contribution is 5.91. The van der Waals surface area contributed by atoms with E-state index in [9.17, 15) is 9.18 Å². The molecule has 1 aromatic carbocycles. The summed E-state index contributed by atoms with van der Waals surface area (Å²) in [6, 6.07) is 2.96. The van der Waals surface area contributed by atoms with Crippen LogP contribution in [0.5, 0.6) is 0 Å². The maximum absolute atomic E-state index is 13.5. The number of hydrogen-bond donors (Lipinski definition) is 1. The molecule has 0 radical (unpaired) electrons. The standard InChI is InChI=1S/C11H9FN4O/c1-5-3-9-7(4-8(5)12)10-13-6(2)15-16(10)11(17)14-9/h3-4H,1-2H3,(H,14,17). The molecular formula is C11H9FN4O. The zero-order valence-electron chi connectivity index (χ0n) is 9.28. The third-order valence-electron chi connectivity index (χ3n) is 2.69. The molecule has 0 saturated heterocycles. The summed E-state index contributed by atoms with van der Waals surface area (Å²) >= 11 is 0. The fraction of sp³-hybridized carbons (Fsp3) is 0.182. The van der Waals surface area contributed by atoms with Gasteiger partial charge < -0.3 is 4.98 Å². The Balaban J connectivity index is 2.62. The van der Waals surface area contributed by atoms with Crippen LogP contribution >= 0.6 is 0 Å². The zero-order valence-corrected chi connectivity index (χ0v) is 9.28. The normalized spacial score (nSPS) is 11.5. The van der Waals surface area contributed by atoms with Crippen LogP contribution in [0.3, 0.4) is 0 Å². The number of hydrogen-bond acceptors (Lipinski definition) is 3. The van der Waals surface area contributed by atoms with Gasteiger partial charge in [0.05, 0.1) is 5.52 Å². The van der Waals surface area contributed by atoms with Crippen molar-refractivity contribution in [1.82, 2.24) is 19.6 Å². The molecule has 0 spiro atoms. The number of nitrogens with zero attached hydrogens (tertiary/aromatic N) is 3. The molecule has 3 aromatic rings. The van der Waals surface area contributed by atoms with Crippen LogP contribution in [-0.4, -0.2) is 19.6 Å². The topological polar surface area (TPSA) is 63.0 Å². The minimum absolute atomic E-state index is 0.327. The number of nitrogens with one attached hydrogen (secondary N) is 1. The lowest BCUT2D eigenvalue weighted by Crippen LogP contribution is -2.17. The van der Waals surface area contributed by atoms with Crippen molar-refractivity contribution in [3.63, 3.8) is 0 Å². The molecule has 86 valence electrons. The Hall–Kier alpha value is -2.24. The first-order valence-electron chi connectivity index (χ1n) is 5.12. The molecule has 2 aromatic heterocycles. The van der Waals surface area contributed by atoms with Gasteiger partial charge >= 0.3 is 5.69 Å². The maximum Gasteiger partial charge on any atom is 0.348 e. The summed E-state index contributed by atoms with van der Waals surface area (Å²) in [4.78, 5) is 18.5. The lowest BCUT2D eigenvalue weighted by Gasteiger charge is -2.02. The van der Waals surface area contributed by atoms with Gasteiger partial charge in [-0.1, -0.05) is 0 Å². The van der Waals surface area contributed by atoms with Gasteiger partial charge in [0.15, 0.2) is 5.65 Å². The van der Waals surface area contributed by atoms with Crippen molar-refractivity contribution in [2.45, 2.75) is 13.8 Å². The number of aromatic amines is 1. The van der Waals surface area contributed by atoms with Crippen LogP contribution < -0.4 is 5.69 Å². The first-order valence-corrected chi connectivity index (χ1v) is 5.12. The van der Waals surface area contributed by atoms with Gasteiger partial charge in [0, 0.05) is 5.39 Å². The summed E-state index contributed by atoms with van der Waals surface area (Å²) in [5.41, 5.74) is 1.04. The van der Waals surface area contributed by atoms with Crippen LogP contribution in [-0.2, 0) is 0 Å². The Morgan fingerprint density at radius 1 is 1.35 bits per heavy atom. The minimum Gasteiger partial charge on any atom is -0.305 e. The first kappa shape index (κ1) is 9.95. The van der Waals surface area contributed by atoms with Crippen LogP contribution in [0.1, 0.15) is 11.4 Å². The van der Waals surface area contributed by atoms with Crippen LogP contribution in [0, 0.1) is 19.7 Å². The van der Waals surface area contributed by atoms with Crippen LogP contribution in [0.15, 0.2) is 16.9 Å². The average molecular weight is 232 g/mol. The molecule has 0 aliphatic heterocycles. The fourth-order valence-electron chi connectivity index (χ4n) is 1.87. The van der Waals surface area contributed by atoms with Gasteiger partial charge in [0.2, 0.25) is 0 Å². The number of H-pyrrole nitrogens is 1. The highest BCUT2D eigenvalue weighted by atomic mass is 19.1. The molecular weight excluding hydrogens is 223 g/mol. The van der Waals surface area contributed by atoms with Crippen molar-refractivity contribution in [2.24, 2.45) is 0 Å². The van der Waals surface area contributed by atoms with E-state index in [0.717, 1.165) is 4.52 Å². The summed E-state index contributed by atoms with van der Waals surface area (Å²) in [6.45, 7) is 3.33. The Kier molecular flexibility index (Phi) is 1.83. The van der Waals surface area contributed by atoms with Gasteiger partial charge in [-0.05, 0) is 31.5 Å². The van der Waals surface area contributed by atoms with E-state index in [2.05, 4.69) is 15.1 Å². The van der Waals surface area contributed by atoms with E-state index in [1.165, 1.54) is 6.07 Å². The van der Waals surface area contributed by atoms with Crippen molar-refractivity contribution in [1.29, 1.82) is 0 Å². The third-order valence-corrected chi connectivity index (χ3v) is 2.69. The minimum atomic E-state index is -0.376. The number of benzene rings is 1. The summed E-state index contributed by atoms with van der Waals surface area (Å²) in [7, 11) is 0. The first-order chi connectivity index (χ1) is 8.06. The van der Waals surface area contributed by atoms with Crippen LogP contribution in [0.25, 0.3) is 16.6 Å². The quantitative estimate of drug-likeness (QED) is 0.636. The van der Waals surface area contributed by atoms with E-state index in [-0.39, 0.29) is 11.5 Å². The molecule has 0 fully saturated rings. The lowest BCUT2D eigenvalue weighted by molar-refractivity contribution is 0.620. The van der Waals surface area contributed by atoms with Crippen molar-refractivity contribution >= 4 is 16.6 Å². The number of fused-ring (bicyclic) bond motifs is 3. The monoisotopic (exact) mass is 232 g/mol. The van der Waals surface area contributed by atoms with E-state index in [1.54, 1.807) is 19.9 Å². The number of aromatic nitrogens is 4. The SMILES string of the molecule is Cc1nc2c3cc(F)c(C)cc3[nH]c(=O)n2n1. The highest BCUT2D eigenvalue weighted by Gasteiger charge is 2.10. The second kappa shape index (κ2) is 3.13. The molecule has 0 atom stereocenters. The Morgan fingerprint density at radius 3 is 2.88 bits per heavy atom. The molecule has 0 bridgehead atoms. The highest BCUT2D eigenvalue weighted by Crippen LogP contribution is 2.19. The van der Waals surface area contributed by atoms with E-state index in [1.807, 2.05) is 0 Å². The fourth-order valence-corrected chi connectivity index (χ4v) is 1.87. The maximum atomic E-state index is 13.5. The predicted molar refractivity (Wildman–Crippen MR) is 60.5 cm³/mol. The second-order valence-corrected chi connectivity index (χ2v) is 3.97. The third kappa shape index (κ3) is 1.33. The molecule has 2 heterocycles. The van der Waals surface area contributed by atoms with Crippen LogP contribution in [0.4, 0.5) is 4.39 Å². The van der Waals surface area contributed by atoms with Crippen LogP contribution in [0.2, 0.25) is 0 Å². The Bertz CT molecular complexity index is 802. The largest absolute Gasteiger partial charge is 0.348 e. The predicted octanol–water partition coefficient (Wildman–Crippen LogP) is 1.33. The Morgan fingerprint density at radius 2 is 2.12 bits per heavy atom. The molecule has 5 nitrogen and oxygen atoms in total. The van der Waals surface area contributed by atoms with Crippen molar-refractivity contribution in [3.05, 3.63) is 39.8 Å². The summed E-state index contributed by atoms with van der Waals surface area (Å²) in [6.07, 6.45) is 0. The number of halogens is 1. The summed E-state index contributed by atoms with van der Waals surface area (Å²) in [5.74, 6) is 0.149. The second-order valence-electron chi connectivity index (χ2n) is 3.97. The molecule has 0 aliphatic carbocycles. The lowest BCUT2D eigenvalue weighted by atomic mass is 10.1. The van der Waals surface area contributed by atoms with Gasteiger partial charge in [-0.3, -0.25) is 0 Å². The van der Waals surface area contributed by atoms with E-state index in [0.29, 0.717) is 27.9 Å². The molecule has 1 N–H and O–H groups in total. The van der Waals surface area contributed by atoms with Gasteiger partial charge in [-0.15, -0.1) is 5.10 Å². The molecule has 0 amide bonds. The molecule has 0 saturated carbocycles. The van der Waals surface area contributed by atoms with Gasteiger partial charge in [0.1, 0.15) is 11.6 Å². The summed E-state index contributed by atoms with van der Waals surface area (Å²) < 4.78 is 14.7. The van der Waals surface area contributed by atoms with Crippen molar-refractivity contribution in [3.8, 4) is 0 Å². The van der Waals surface area contributed by atoms with E-state index < -0.39 is 0 Å².